The Balaban J connectivity index is 1.34. The maximum atomic E-state index is 13.7. The number of hydrogen-bond donors (Lipinski definition) is 3. The van der Waals surface area contributed by atoms with Crippen LogP contribution in [0.15, 0.2) is 138 Å². The van der Waals surface area contributed by atoms with Gasteiger partial charge in [-0.25, -0.2) is 4.39 Å². The fraction of sp³-hybridized carbons (Fsp3) is 0.0541. The van der Waals surface area contributed by atoms with E-state index in [4.69, 9.17) is 11.6 Å². The van der Waals surface area contributed by atoms with Crippen molar-refractivity contribution in [2.24, 2.45) is 0 Å². The SMILES string of the molecule is O=C(Nc1ccc(SC(C(=O)Nc2ccc(Cl)cc2C(F)(F)F)c2ccccc2)cc1)/C(=C/c1ccc(F)cc1)NC(=O)c1ccccc1. The third kappa shape index (κ3) is 9.59. The van der Waals surface area contributed by atoms with Crippen LogP contribution in [0.4, 0.5) is 28.9 Å². The Morgan fingerprint density at radius 3 is 2.02 bits per heavy atom. The zero-order valence-corrected chi connectivity index (χ0v) is 26.9. The molecule has 1 unspecified atom stereocenters. The maximum Gasteiger partial charge on any atom is 0.418 e. The molecular formula is C37H26ClF4N3O3S. The Morgan fingerprint density at radius 1 is 0.755 bits per heavy atom. The summed E-state index contributed by atoms with van der Waals surface area (Å²) in [6.07, 6.45) is -3.34. The molecule has 0 radical (unpaired) electrons. The Labute approximate surface area is 288 Å². The summed E-state index contributed by atoms with van der Waals surface area (Å²) in [7, 11) is 0. The van der Waals surface area contributed by atoms with E-state index in [1.165, 1.54) is 36.4 Å². The lowest BCUT2D eigenvalue weighted by molar-refractivity contribution is -0.137. The molecule has 0 aliphatic carbocycles. The number of hydrogen-bond acceptors (Lipinski definition) is 4. The summed E-state index contributed by atoms with van der Waals surface area (Å²) in [6, 6.07) is 31.8. The van der Waals surface area contributed by atoms with Crippen molar-refractivity contribution in [3.63, 3.8) is 0 Å². The van der Waals surface area contributed by atoms with E-state index in [0.29, 0.717) is 27.3 Å². The van der Waals surface area contributed by atoms with E-state index in [1.807, 2.05) is 0 Å². The third-order valence-corrected chi connectivity index (χ3v) is 8.46. The van der Waals surface area contributed by atoms with Gasteiger partial charge >= 0.3 is 6.18 Å². The van der Waals surface area contributed by atoms with E-state index in [1.54, 1.807) is 84.9 Å². The third-order valence-electron chi connectivity index (χ3n) is 6.96. The first-order valence-electron chi connectivity index (χ1n) is 14.6. The number of rotatable bonds is 10. The number of alkyl halides is 3. The molecule has 6 nitrogen and oxygen atoms in total. The number of thioether (sulfide) groups is 1. The molecule has 1 atom stereocenters. The normalized spacial score (nSPS) is 12.1. The van der Waals surface area contributed by atoms with Crippen molar-refractivity contribution < 1.29 is 31.9 Å². The first-order chi connectivity index (χ1) is 23.5. The predicted molar refractivity (Wildman–Crippen MR) is 183 cm³/mol. The summed E-state index contributed by atoms with van der Waals surface area (Å²) >= 11 is 6.90. The van der Waals surface area contributed by atoms with Gasteiger partial charge in [0.05, 0.1) is 11.3 Å². The van der Waals surface area contributed by atoms with Gasteiger partial charge in [0.15, 0.2) is 0 Å². The quantitative estimate of drug-likeness (QED) is 0.0769. The Hall–Kier alpha value is -5.39. The number of carbonyl (C=O) groups excluding carboxylic acids is 3. The molecule has 49 heavy (non-hydrogen) atoms. The van der Waals surface area contributed by atoms with Gasteiger partial charge in [-0.3, -0.25) is 14.4 Å². The van der Waals surface area contributed by atoms with Crippen LogP contribution in [0.2, 0.25) is 5.02 Å². The lowest BCUT2D eigenvalue weighted by atomic mass is 10.1. The molecule has 0 saturated heterocycles. The summed E-state index contributed by atoms with van der Waals surface area (Å²) < 4.78 is 54.6. The van der Waals surface area contributed by atoms with E-state index >= 15 is 0 Å². The molecule has 0 spiro atoms. The van der Waals surface area contributed by atoms with Gasteiger partial charge in [-0.1, -0.05) is 72.3 Å². The molecule has 5 rings (SSSR count). The number of nitrogens with one attached hydrogen (secondary N) is 3. The number of amides is 3. The van der Waals surface area contributed by atoms with E-state index in [2.05, 4.69) is 16.0 Å². The van der Waals surface area contributed by atoms with Crippen LogP contribution in [-0.4, -0.2) is 17.7 Å². The van der Waals surface area contributed by atoms with Crippen molar-refractivity contribution in [3.8, 4) is 0 Å². The van der Waals surface area contributed by atoms with Crippen LogP contribution in [0.25, 0.3) is 6.08 Å². The number of benzene rings is 5. The van der Waals surface area contributed by atoms with E-state index in [0.717, 1.165) is 23.9 Å². The van der Waals surface area contributed by atoms with E-state index < -0.39 is 46.2 Å². The first-order valence-corrected chi connectivity index (χ1v) is 15.9. The second-order valence-electron chi connectivity index (χ2n) is 10.5. The summed E-state index contributed by atoms with van der Waals surface area (Å²) in [4.78, 5) is 40.3. The second kappa shape index (κ2) is 15.7. The molecule has 0 fully saturated rings. The predicted octanol–water partition coefficient (Wildman–Crippen LogP) is 9.38. The number of halogens is 5. The molecule has 12 heteroatoms. The molecule has 5 aromatic rings. The average Bonchev–Trinajstić information content (AvgIpc) is 3.09. The van der Waals surface area contributed by atoms with E-state index in [-0.39, 0.29) is 10.7 Å². The van der Waals surface area contributed by atoms with Crippen molar-refractivity contribution in [1.29, 1.82) is 0 Å². The highest BCUT2D eigenvalue weighted by molar-refractivity contribution is 8.00. The van der Waals surface area contributed by atoms with Crippen LogP contribution in [0.5, 0.6) is 0 Å². The van der Waals surface area contributed by atoms with Gasteiger partial charge < -0.3 is 16.0 Å². The Morgan fingerprint density at radius 2 is 1.39 bits per heavy atom. The molecule has 248 valence electrons. The highest BCUT2D eigenvalue weighted by Crippen LogP contribution is 2.40. The van der Waals surface area contributed by atoms with Crippen molar-refractivity contribution >= 4 is 58.5 Å². The van der Waals surface area contributed by atoms with Crippen molar-refractivity contribution in [2.45, 2.75) is 16.3 Å². The standard InChI is InChI=1S/C37H26ClF4N3O3S/c38-26-13-20-31(30(22-26)37(40,41)42)44-36(48)33(24-7-3-1-4-8-24)49-29-18-16-28(17-19-29)43-35(47)32(21-23-11-14-27(39)15-12-23)45-34(46)25-9-5-2-6-10-25/h1-22,33H,(H,43,47)(H,44,48)(H,45,46)/b32-21-. The maximum absolute atomic E-state index is 13.7. The van der Waals surface area contributed by atoms with Crippen LogP contribution in [0.1, 0.15) is 32.3 Å². The van der Waals surface area contributed by atoms with Crippen LogP contribution in [0.3, 0.4) is 0 Å². The molecule has 0 saturated carbocycles. The zero-order valence-electron chi connectivity index (χ0n) is 25.3. The average molecular weight is 704 g/mol. The van der Waals surface area contributed by atoms with Gasteiger partial charge in [0.1, 0.15) is 16.8 Å². The van der Waals surface area contributed by atoms with Crippen molar-refractivity contribution in [1.82, 2.24) is 5.32 Å². The van der Waals surface area contributed by atoms with E-state index in [9.17, 15) is 31.9 Å². The number of anilines is 2. The minimum Gasteiger partial charge on any atom is -0.324 e. The van der Waals surface area contributed by atoms with Crippen molar-refractivity contribution in [3.05, 3.63) is 166 Å². The summed E-state index contributed by atoms with van der Waals surface area (Å²) in [5.41, 5.74) is 0.102. The van der Waals surface area contributed by atoms with Crippen LogP contribution < -0.4 is 16.0 Å². The Bertz CT molecular complexity index is 1970. The fourth-order valence-corrected chi connectivity index (χ4v) is 5.78. The fourth-order valence-electron chi connectivity index (χ4n) is 4.58. The van der Waals surface area contributed by atoms with Crippen LogP contribution in [0, 0.1) is 5.82 Å². The summed E-state index contributed by atoms with van der Waals surface area (Å²) in [5.74, 6) is -2.33. The van der Waals surface area contributed by atoms with Gasteiger partial charge in [-0.05, 0) is 83.9 Å². The molecular weight excluding hydrogens is 678 g/mol. The molecule has 0 aliphatic heterocycles. The molecule has 5 aromatic carbocycles. The number of carbonyl (C=O) groups is 3. The van der Waals surface area contributed by atoms with Gasteiger partial charge in [-0.15, -0.1) is 11.8 Å². The second-order valence-corrected chi connectivity index (χ2v) is 12.1. The van der Waals surface area contributed by atoms with Crippen LogP contribution >= 0.6 is 23.4 Å². The summed E-state index contributed by atoms with van der Waals surface area (Å²) in [6.45, 7) is 0. The minimum absolute atomic E-state index is 0.0971. The van der Waals surface area contributed by atoms with Crippen molar-refractivity contribution in [2.75, 3.05) is 10.6 Å². The highest BCUT2D eigenvalue weighted by Gasteiger charge is 2.35. The lowest BCUT2D eigenvalue weighted by Gasteiger charge is -2.20. The summed E-state index contributed by atoms with van der Waals surface area (Å²) in [5, 5.41) is 6.67. The van der Waals surface area contributed by atoms with Gasteiger partial charge in [0.25, 0.3) is 11.8 Å². The topological polar surface area (TPSA) is 87.3 Å². The van der Waals surface area contributed by atoms with Gasteiger partial charge in [-0.2, -0.15) is 13.2 Å². The largest absolute Gasteiger partial charge is 0.418 e. The van der Waals surface area contributed by atoms with Gasteiger partial charge in [0, 0.05) is 21.2 Å². The lowest BCUT2D eigenvalue weighted by Crippen LogP contribution is -2.30. The minimum atomic E-state index is -4.75. The Kier molecular flexibility index (Phi) is 11.2. The molecule has 3 N–H and O–H groups in total. The molecule has 0 aliphatic rings. The first kappa shape index (κ1) is 34.9. The smallest absolute Gasteiger partial charge is 0.324 e. The molecule has 0 bridgehead atoms. The van der Waals surface area contributed by atoms with Crippen LogP contribution in [-0.2, 0) is 15.8 Å². The highest BCUT2D eigenvalue weighted by atomic mass is 35.5. The molecule has 0 aromatic heterocycles. The van der Waals surface area contributed by atoms with Gasteiger partial charge in [0.2, 0.25) is 5.91 Å². The zero-order chi connectivity index (χ0) is 35.0. The monoisotopic (exact) mass is 703 g/mol. The molecule has 3 amide bonds. The molecule has 0 heterocycles.